The Hall–Kier alpha value is -2.10. The van der Waals surface area contributed by atoms with Crippen molar-refractivity contribution in [2.24, 2.45) is 0 Å². The van der Waals surface area contributed by atoms with Crippen LogP contribution in [-0.4, -0.2) is 33.2 Å². The predicted molar refractivity (Wildman–Crippen MR) is 96.1 cm³/mol. The number of benzene rings is 1. The Kier molecular flexibility index (Phi) is 5.34. The fraction of sp³-hybridized carbons (Fsp3) is 0.500. The van der Waals surface area contributed by atoms with Gasteiger partial charge in [0.15, 0.2) is 0 Å². The Labute approximate surface area is 144 Å². The van der Waals surface area contributed by atoms with Crippen molar-refractivity contribution in [1.82, 2.24) is 14.7 Å². The van der Waals surface area contributed by atoms with E-state index in [4.69, 9.17) is 0 Å². The second-order valence-corrected chi connectivity index (χ2v) is 6.63. The average molecular weight is 325 g/mol. The maximum atomic E-state index is 13.0. The van der Waals surface area contributed by atoms with E-state index in [2.05, 4.69) is 41.2 Å². The smallest absolute Gasteiger partial charge is 0.257 e. The molecular formula is C20H27N3O. The number of hydrogen-bond donors (Lipinski definition) is 0. The van der Waals surface area contributed by atoms with Crippen molar-refractivity contribution in [2.75, 3.05) is 6.54 Å². The molecule has 0 radical (unpaired) electrons. The van der Waals surface area contributed by atoms with Gasteiger partial charge in [-0.25, -0.2) is 0 Å². The van der Waals surface area contributed by atoms with Crippen molar-refractivity contribution in [1.29, 1.82) is 0 Å². The van der Waals surface area contributed by atoms with E-state index in [9.17, 15) is 4.79 Å². The molecular weight excluding hydrogens is 298 g/mol. The van der Waals surface area contributed by atoms with Crippen LogP contribution in [0, 0.1) is 6.92 Å². The summed E-state index contributed by atoms with van der Waals surface area (Å²) in [6.45, 7) is 5.72. The molecule has 1 aromatic heterocycles. The van der Waals surface area contributed by atoms with Crippen LogP contribution in [0.25, 0.3) is 0 Å². The van der Waals surface area contributed by atoms with E-state index in [0.29, 0.717) is 6.04 Å². The van der Waals surface area contributed by atoms with Gasteiger partial charge in [-0.05, 0) is 51.5 Å². The first-order chi connectivity index (χ1) is 11.7. The van der Waals surface area contributed by atoms with Gasteiger partial charge in [0.05, 0.1) is 11.8 Å². The highest BCUT2D eigenvalue weighted by Crippen LogP contribution is 2.24. The number of carbonyl (C=O) groups is 1. The van der Waals surface area contributed by atoms with Crippen molar-refractivity contribution < 1.29 is 4.79 Å². The molecule has 0 saturated carbocycles. The van der Waals surface area contributed by atoms with Gasteiger partial charge < -0.3 is 4.90 Å². The van der Waals surface area contributed by atoms with Crippen LogP contribution in [0.5, 0.6) is 0 Å². The number of nitrogens with zero attached hydrogens (tertiary/aromatic N) is 3. The molecule has 4 nitrogen and oxygen atoms in total. The maximum absolute atomic E-state index is 13.0. The molecule has 0 aliphatic carbocycles. The van der Waals surface area contributed by atoms with E-state index in [1.807, 2.05) is 17.7 Å². The van der Waals surface area contributed by atoms with Crippen LogP contribution in [0.1, 0.15) is 54.2 Å². The number of aromatic nitrogens is 2. The number of hydrogen-bond acceptors (Lipinski definition) is 2. The molecule has 3 rings (SSSR count). The van der Waals surface area contributed by atoms with E-state index in [-0.39, 0.29) is 5.91 Å². The van der Waals surface area contributed by atoms with Gasteiger partial charge >= 0.3 is 0 Å². The Morgan fingerprint density at radius 1 is 1.25 bits per heavy atom. The SMILES string of the molecule is CCn1ncc(C(=O)N2CCCC[C@H]2CCc2ccccc2)c1C. The van der Waals surface area contributed by atoms with Crippen LogP contribution in [0.4, 0.5) is 0 Å². The Morgan fingerprint density at radius 2 is 2.04 bits per heavy atom. The molecule has 1 atom stereocenters. The van der Waals surface area contributed by atoms with Crippen molar-refractivity contribution >= 4 is 5.91 Å². The highest BCUT2D eigenvalue weighted by atomic mass is 16.2. The van der Waals surface area contributed by atoms with Crippen LogP contribution in [0.15, 0.2) is 36.5 Å². The fourth-order valence-corrected chi connectivity index (χ4v) is 3.68. The standard InChI is InChI=1S/C20H27N3O/c1-3-23-16(2)19(15-21-23)20(24)22-14-8-7-11-18(22)13-12-17-9-5-4-6-10-17/h4-6,9-10,15,18H,3,7-8,11-14H2,1-2H3/t18-/m0/s1. The normalized spacial score (nSPS) is 17.9. The molecule has 1 amide bonds. The largest absolute Gasteiger partial charge is 0.336 e. The molecule has 0 spiro atoms. The first kappa shape index (κ1) is 16.7. The number of amides is 1. The van der Waals surface area contributed by atoms with Crippen molar-refractivity contribution in [2.45, 2.75) is 58.5 Å². The van der Waals surface area contributed by atoms with Gasteiger partial charge in [-0.1, -0.05) is 30.3 Å². The summed E-state index contributed by atoms with van der Waals surface area (Å²) in [5.74, 6) is 0.157. The van der Waals surface area contributed by atoms with Gasteiger partial charge in [-0.15, -0.1) is 0 Å². The minimum atomic E-state index is 0.157. The van der Waals surface area contributed by atoms with Gasteiger partial charge in [0.2, 0.25) is 0 Å². The Bertz CT molecular complexity index is 677. The highest BCUT2D eigenvalue weighted by Gasteiger charge is 2.29. The third-order valence-corrected chi connectivity index (χ3v) is 5.13. The van der Waals surface area contributed by atoms with E-state index in [1.54, 1.807) is 6.20 Å². The van der Waals surface area contributed by atoms with Crippen LogP contribution in [-0.2, 0) is 13.0 Å². The fourth-order valence-electron chi connectivity index (χ4n) is 3.68. The zero-order valence-electron chi connectivity index (χ0n) is 14.7. The number of aryl methyl sites for hydroxylation is 2. The van der Waals surface area contributed by atoms with Crippen molar-refractivity contribution in [3.05, 3.63) is 53.3 Å². The summed E-state index contributed by atoms with van der Waals surface area (Å²) in [7, 11) is 0. The van der Waals surface area contributed by atoms with E-state index in [1.165, 1.54) is 12.0 Å². The summed E-state index contributed by atoms with van der Waals surface area (Å²) in [5, 5.41) is 4.34. The van der Waals surface area contributed by atoms with Gasteiger partial charge in [-0.2, -0.15) is 5.10 Å². The summed E-state index contributed by atoms with van der Waals surface area (Å²) in [5.41, 5.74) is 3.10. The molecule has 1 saturated heterocycles. The number of rotatable bonds is 5. The summed E-state index contributed by atoms with van der Waals surface area (Å²) in [6, 6.07) is 10.9. The molecule has 1 aliphatic rings. The summed E-state index contributed by atoms with van der Waals surface area (Å²) < 4.78 is 1.90. The van der Waals surface area contributed by atoms with Gasteiger partial charge in [-0.3, -0.25) is 9.48 Å². The predicted octanol–water partition coefficient (Wildman–Crippen LogP) is 3.84. The zero-order chi connectivity index (χ0) is 16.9. The second kappa shape index (κ2) is 7.65. The lowest BCUT2D eigenvalue weighted by atomic mass is 9.95. The lowest BCUT2D eigenvalue weighted by Gasteiger charge is -2.36. The zero-order valence-corrected chi connectivity index (χ0v) is 14.7. The molecule has 0 bridgehead atoms. The molecule has 128 valence electrons. The lowest BCUT2D eigenvalue weighted by molar-refractivity contribution is 0.0601. The van der Waals surface area contributed by atoms with Crippen molar-refractivity contribution in [3.8, 4) is 0 Å². The first-order valence-corrected chi connectivity index (χ1v) is 9.08. The van der Waals surface area contributed by atoms with Gasteiger partial charge in [0, 0.05) is 24.8 Å². The Balaban J connectivity index is 1.71. The van der Waals surface area contributed by atoms with E-state index >= 15 is 0 Å². The van der Waals surface area contributed by atoms with Gasteiger partial charge in [0.1, 0.15) is 0 Å². The molecule has 24 heavy (non-hydrogen) atoms. The van der Waals surface area contributed by atoms with E-state index < -0.39 is 0 Å². The molecule has 0 N–H and O–H groups in total. The minimum Gasteiger partial charge on any atom is -0.336 e. The Morgan fingerprint density at radius 3 is 2.75 bits per heavy atom. The van der Waals surface area contributed by atoms with Crippen LogP contribution in [0.2, 0.25) is 0 Å². The number of likely N-dealkylation sites (tertiary alicyclic amines) is 1. The quantitative estimate of drug-likeness (QED) is 0.838. The van der Waals surface area contributed by atoms with Crippen LogP contribution >= 0.6 is 0 Å². The van der Waals surface area contributed by atoms with E-state index in [0.717, 1.165) is 50.0 Å². The third kappa shape index (κ3) is 3.53. The van der Waals surface area contributed by atoms with Crippen LogP contribution < -0.4 is 0 Å². The number of piperidine rings is 1. The lowest BCUT2D eigenvalue weighted by Crippen LogP contribution is -2.44. The molecule has 1 aliphatic heterocycles. The minimum absolute atomic E-state index is 0.157. The molecule has 1 aromatic carbocycles. The number of carbonyl (C=O) groups excluding carboxylic acids is 1. The summed E-state index contributed by atoms with van der Waals surface area (Å²) >= 11 is 0. The topological polar surface area (TPSA) is 38.1 Å². The highest BCUT2D eigenvalue weighted by molar-refractivity contribution is 5.95. The monoisotopic (exact) mass is 325 g/mol. The molecule has 4 heteroatoms. The summed E-state index contributed by atoms with van der Waals surface area (Å²) in [6.07, 6.45) is 7.24. The molecule has 0 unspecified atom stereocenters. The second-order valence-electron chi connectivity index (χ2n) is 6.63. The average Bonchev–Trinajstić information content (AvgIpc) is 3.01. The third-order valence-electron chi connectivity index (χ3n) is 5.13. The molecule has 2 heterocycles. The molecule has 2 aromatic rings. The summed E-state index contributed by atoms with van der Waals surface area (Å²) in [4.78, 5) is 15.1. The maximum Gasteiger partial charge on any atom is 0.257 e. The van der Waals surface area contributed by atoms with Crippen LogP contribution in [0.3, 0.4) is 0 Å². The van der Waals surface area contributed by atoms with Gasteiger partial charge in [0.25, 0.3) is 5.91 Å². The molecule has 1 fully saturated rings. The first-order valence-electron chi connectivity index (χ1n) is 9.08. The van der Waals surface area contributed by atoms with Crippen molar-refractivity contribution in [3.63, 3.8) is 0 Å².